The molecule has 1 amide bonds. The van der Waals surface area contributed by atoms with E-state index in [2.05, 4.69) is 41.4 Å². The summed E-state index contributed by atoms with van der Waals surface area (Å²) in [5.41, 5.74) is 8.29. The lowest BCUT2D eigenvalue weighted by molar-refractivity contribution is -0.123. The van der Waals surface area contributed by atoms with Crippen LogP contribution in [-0.2, 0) is 11.3 Å². The van der Waals surface area contributed by atoms with Crippen molar-refractivity contribution in [2.75, 3.05) is 6.54 Å². The number of nitrogens with zero attached hydrogens (tertiary/aromatic N) is 1. The van der Waals surface area contributed by atoms with Gasteiger partial charge in [0.05, 0.1) is 0 Å². The highest BCUT2D eigenvalue weighted by Crippen LogP contribution is 2.20. The SMILES string of the molecule is CC1CC(NC(=O)C(N)c2ccccc2)CCN1Cc1ccccc1. The van der Waals surface area contributed by atoms with E-state index >= 15 is 0 Å². The average Bonchev–Trinajstić information content (AvgIpc) is 2.65. The third kappa shape index (κ3) is 4.68. The Hall–Kier alpha value is -2.17. The maximum absolute atomic E-state index is 12.4. The topological polar surface area (TPSA) is 58.4 Å². The van der Waals surface area contributed by atoms with Crippen LogP contribution >= 0.6 is 0 Å². The van der Waals surface area contributed by atoms with Gasteiger partial charge in [-0.25, -0.2) is 0 Å². The number of hydrogen-bond acceptors (Lipinski definition) is 3. The van der Waals surface area contributed by atoms with Gasteiger partial charge in [0.15, 0.2) is 0 Å². The summed E-state index contributed by atoms with van der Waals surface area (Å²) in [4.78, 5) is 14.9. The fourth-order valence-corrected chi connectivity index (χ4v) is 3.51. The zero-order valence-corrected chi connectivity index (χ0v) is 14.8. The van der Waals surface area contributed by atoms with Crippen LogP contribution in [0.4, 0.5) is 0 Å². The predicted octanol–water partition coefficient (Wildman–Crippen LogP) is 2.86. The minimum Gasteiger partial charge on any atom is -0.352 e. The first kappa shape index (κ1) is 17.6. The molecule has 0 aromatic heterocycles. The van der Waals surface area contributed by atoms with Crippen molar-refractivity contribution in [3.63, 3.8) is 0 Å². The Morgan fingerprint density at radius 1 is 1.16 bits per heavy atom. The lowest BCUT2D eigenvalue weighted by atomic mass is 9.96. The van der Waals surface area contributed by atoms with Gasteiger partial charge in [-0.15, -0.1) is 0 Å². The van der Waals surface area contributed by atoms with Gasteiger partial charge in [0, 0.05) is 25.2 Å². The number of nitrogens with one attached hydrogen (secondary N) is 1. The molecule has 2 aromatic carbocycles. The lowest BCUT2D eigenvalue weighted by Gasteiger charge is -2.38. The van der Waals surface area contributed by atoms with E-state index in [1.54, 1.807) is 0 Å². The molecule has 0 saturated carbocycles. The van der Waals surface area contributed by atoms with E-state index in [1.165, 1.54) is 5.56 Å². The van der Waals surface area contributed by atoms with Crippen molar-refractivity contribution in [3.8, 4) is 0 Å². The van der Waals surface area contributed by atoms with Crippen molar-refractivity contribution in [3.05, 3.63) is 71.8 Å². The predicted molar refractivity (Wildman–Crippen MR) is 101 cm³/mol. The quantitative estimate of drug-likeness (QED) is 0.882. The van der Waals surface area contributed by atoms with Gasteiger partial charge in [0.1, 0.15) is 6.04 Å². The van der Waals surface area contributed by atoms with Crippen LogP contribution in [0.25, 0.3) is 0 Å². The zero-order valence-electron chi connectivity index (χ0n) is 14.8. The molecule has 4 heteroatoms. The molecule has 25 heavy (non-hydrogen) atoms. The van der Waals surface area contributed by atoms with Gasteiger partial charge in [-0.05, 0) is 30.9 Å². The third-order valence-corrected chi connectivity index (χ3v) is 5.03. The van der Waals surface area contributed by atoms with Crippen molar-refractivity contribution in [2.24, 2.45) is 5.73 Å². The maximum atomic E-state index is 12.4. The molecular weight excluding hydrogens is 310 g/mol. The summed E-state index contributed by atoms with van der Waals surface area (Å²) in [6, 6.07) is 20.1. The first-order valence-electron chi connectivity index (χ1n) is 9.02. The second kappa shape index (κ2) is 8.28. The summed E-state index contributed by atoms with van der Waals surface area (Å²) in [7, 11) is 0. The highest BCUT2D eigenvalue weighted by Gasteiger charge is 2.27. The summed E-state index contributed by atoms with van der Waals surface area (Å²) < 4.78 is 0. The van der Waals surface area contributed by atoms with Crippen LogP contribution in [0.5, 0.6) is 0 Å². The molecule has 1 heterocycles. The summed E-state index contributed by atoms with van der Waals surface area (Å²) in [5, 5.41) is 3.14. The van der Waals surface area contributed by atoms with Crippen LogP contribution in [0.2, 0.25) is 0 Å². The van der Waals surface area contributed by atoms with E-state index in [-0.39, 0.29) is 11.9 Å². The highest BCUT2D eigenvalue weighted by atomic mass is 16.2. The Morgan fingerprint density at radius 2 is 1.80 bits per heavy atom. The maximum Gasteiger partial charge on any atom is 0.241 e. The molecule has 132 valence electrons. The first-order valence-corrected chi connectivity index (χ1v) is 9.02. The fourth-order valence-electron chi connectivity index (χ4n) is 3.51. The van der Waals surface area contributed by atoms with Gasteiger partial charge in [-0.3, -0.25) is 9.69 Å². The molecule has 2 aromatic rings. The van der Waals surface area contributed by atoms with Gasteiger partial charge in [-0.1, -0.05) is 60.7 Å². The molecule has 4 nitrogen and oxygen atoms in total. The van der Waals surface area contributed by atoms with Crippen LogP contribution in [0.1, 0.15) is 36.9 Å². The normalized spacial score (nSPS) is 22.3. The largest absolute Gasteiger partial charge is 0.352 e. The summed E-state index contributed by atoms with van der Waals surface area (Å²) in [6.45, 7) is 4.19. The molecular formula is C21H27N3O. The second-order valence-electron chi connectivity index (χ2n) is 6.92. The molecule has 3 unspecified atom stereocenters. The Labute approximate surface area is 150 Å². The van der Waals surface area contributed by atoms with Gasteiger partial charge in [-0.2, -0.15) is 0 Å². The van der Waals surface area contributed by atoms with Crippen LogP contribution in [-0.4, -0.2) is 29.4 Å². The van der Waals surface area contributed by atoms with Crippen molar-refractivity contribution in [1.29, 1.82) is 0 Å². The van der Waals surface area contributed by atoms with Gasteiger partial charge in [0.2, 0.25) is 5.91 Å². The van der Waals surface area contributed by atoms with Crippen molar-refractivity contribution in [2.45, 2.75) is 44.4 Å². The Kier molecular flexibility index (Phi) is 5.84. The Bertz CT molecular complexity index is 674. The van der Waals surface area contributed by atoms with Crippen LogP contribution in [0.15, 0.2) is 60.7 Å². The zero-order chi connectivity index (χ0) is 17.6. The van der Waals surface area contributed by atoms with Gasteiger partial charge < -0.3 is 11.1 Å². The summed E-state index contributed by atoms with van der Waals surface area (Å²) in [5.74, 6) is -0.0834. The minimum atomic E-state index is -0.598. The van der Waals surface area contributed by atoms with Crippen LogP contribution in [0, 0.1) is 0 Å². The molecule has 1 aliphatic heterocycles. The minimum absolute atomic E-state index is 0.0834. The number of hydrogen-bond donors (Lipinski definition) is 2. The van der Waals surface area contributed by atoms with Crippen molar-refractivity contribution >= 4 is 5.91 Å². The molecule has 0 spiro atoms. The average molecular weight is 337 g/mol. The van der Waals surface area contributed by atoms with E-state index < -0.39 is 6.04 Å². The van der Waals surface area contributed by atoms with E-state index in [0.717, 1.165) is 31.5 Å². The molecule has 1 aliphatic rings. The molecule has 3 N–H and O–H groups in total. The van der Waals surface area contributed by atoms with Crippen molar-refractivity contribution < 1.29 is 4.79 Å². The van der Waals surface area contributed by atoms with Crippen LogP contribution in [0.3, 0.4) is 0 Å². The first-order chi connectivity index (χ1) is 12.1. The summed E-state index contributed by atoms with van der Waals surface area (Å²) in [6.07, 6.45) is 1.92. The number of nitrogens with two attached hydrogens (primary N) is 1. The molecule has 1 saturated heterocycles. The van der Waals surface area contributed by atoms with E-state index in [9.17, 15) is 4.79 Å². The van der Waals surface area contributed by atoms with Crippen molar-refractivity contribution in [1.82, 2.24) is 10.2 Å². The van der Waals surface area contributed by atoms with Gasteiger partial charge >= 0.3 is 0 Å². The molecule has 0 radical (unpaired) electrons. The third-order valence-electron chi connectivity index (χ3n) is 5.03. The molecule has 3 rings (SSSR count). The monoisotopic (exact) mass is 337 g/mol. The number of amides is 1. The highest BCUT2D eigenvalue weighted by molar-refractivity contribution is 5.83. The Balaban J connectivity index is 1.52. The fraction of sp³-hybridized carbons (Fsp3) is 0.381. The number of piperidine rings is 1. The second-order valence-corrected chi connectivity index (χ2v) is 6.92. The standard InChI is InChI=1S/C21H27N3O/c1-16-14-19(12-13-24(16)15-17-8-4-2-5-9-17)23-21(25)20(22)18-10-6-3-7-11-18/h2-11,16,19-20H,12-15,22H2,1H3,(H,23,25). The molecule has 0 aliphatic carbocycles. The smallest absolute Gasteiger partial charge is 0.241 e. The molecule has 3 atom stereocenters. The number of benzene rings is 2. The number of likely N-dealkylation sites (tertiary alicyclic amines) is 1. The summed E-state index contributed by atoms with van der Waals surface area (Å²) >= 11 is 0. The van der Waals surface area contributed by atoms with Gasteiger partial charge in [0.25, 0.3) is 0 Å². The van der Waals surface area contributed by atoms with E-state index in [0.29, 0.717) is 6.04 Å². The molecule has 0 bridgehead atoms. The van der Waals surface area contributed by atoms with E-state index in [1.807, 2.05) is 36.4 Å². The lowest BCUT2D eigenvalue weighted by Crippen LogP contribution is -2.50. The van der Waals surface area contributed by atoms with E-state index in [4.69, 9.17) is 5.73 Å². The number of carbonyl (C=O) groups is 1. The van der Waals surface area contributed by atoms with Crippen LogP contribution < -0.4 is 11.1 Å². The molecule has 1 fully saturated rings. The number of carbonyl (C=O) groups excluding carboxylic acids is 1. The number of rotatable bonds is 5. The Morgan fingerprint density at radius 3 is 2.44 bits per heavy atom.